The third-order valence-electron chi connectivity index (χ3n) is 1.08. The number of rotatable bonds is 4. The Bertz CT molecular complexity index is 234. The van der Waals surface area contributed by atoms with Crippen molar-refractivity contribution < 1.29 is 19.1 Å². The fourth-order valence-corrected chi connectivity index (χ4v) is 0.570. The van der Waals surface area contributed by atoms with Crippen LogP contribution in [-0.4, -0.2) is 25.2 Å². The first-order chi connectivity index (χ1) is 6.20. The second-order valence-corrected chi connectivity index (χ2v) is 2.07. The summed E-state index contributed by atoms with van der Waals surface area (Å²) in [7, 11) is 0. The van der Waals surface area contributed by atoms with Crippen molar-refractivity contribution in [3.05, 3.63) is 0 Å². The third-order valence-corrected chi connectivity index (χ3v) is 1.08. The van der Waals surface area contributed by atoms with Crippen molar-refractivity contribution in [2.75, 3.05) is 13.2 Å². The number of carbonyl (C=O) groups is 2. The highest BCUT2D eigenvalue weighted by Crippen LogP contribution is 1.90. The molecule has 4 heteroatoms. The van der Waals surface area contributed by atoms with Gasteiger partial charge in [-0.25, -0.2) is 0 Å². The van der Waals surface area contributed by atoms with Crippen LogP contribution in [0.1, 0.15) is 20.3 Å². The maximum atomic E-state index is 10.8. The van der Waals surface area contributed by atoms with Crippen molar-refractivity contribution in [3.63, 3.8) is 0 Å². The summed E-state index contributed by atoms with van der Waals surface area (Å²) in [5.41, 5.74) is 0. The second-order valence-electron chi connectivity index (χ2n) is 2.07. The van der Waals surface area contributed by atoms with E-state index in [1.807, 2.05) is 0 Å². The summed E-state index contributed by atoms with van der Waals surface area (Å²) in [5.74, 6) is 3.92. The third kappa shape index (κ3) is 6.88. The molecular formula is C9H12O4. The van der Waals surface area contributed by atoms with Gasteiger partial charge in [-0.15, -0.1) is 5.92 Å². The van der Waals surface area contributed by atoms with Crippen LogP contribution >= 0.6 is 0 Å². The normalized spacial score (nSPS) is 8.15. The van der Waals surface area contributed by atoms with E-state index in [0.29, 0.717) is 0 Å². The zero-order valence-electron chi connectivity index (χ0n) is 7.75. The van der Waals surface area contributed by atoms with E-state index in [1.165, 1.54) is 0 Å². The van der Waals surface area contributed by atoms with Gasteiger partial charge in [0.05, 0.1) is 6.61 Å². The minimum absolute atomic E-state index is 0.0226. The molecule has 0 aliphatic rings. The Balaban J connectivity index is 3.59. The number of hydrogen-bond donors (Lipinski definition) is 0. The molecule has 0 aromatic carbocycles. The predicted molar refractivity (Wildman–Crippen MR) is 45.7 cm³/mol. The summed E-state index contributed by atoms with van der Waals surface area (Å²) >= 11 is 0. The molecule has 0 unspecified atom stereocenters. The maximum absolute atomic E-state index is 10.8. The standard InChI is InChI=1S/C9H12O4/c1-3-5-6-13-9(11)7-8(10)12-4-2/h4,6-7H2,1-2H3. The first-order valence-corrected chi connectivity index (χ1v) is 3.91. The molecule has 0 saturated carbocycles. The first-order valence-electron chi connectivity index (χ1n) is 3.91. The molecule has 0 aliphatic heterocycles. The Hall–Kier alpha value is -1.50. The molecule has 0 saturated heterocycles. The summed E-state index contributed by atoms with van der Waals surface area (Å²) in [6, 6.07) is 0. The van der Waals surface area contributed by atoms with E-state index >= 15 is 0 Å². The van der Waals surface area contributed by atoms with Crippen LogP contribution in [-0.2, 0) is 19.1 Å². The van der Waals surface area contributed by atoms with Crippen molar-refractivity contribution in [3.8, 4) is 11.8 Å². The molecule has 72 valence electrons. The average Bonchev–Trinajstić information content (AvgIpc) is 2.05. The Kier molecular flexibility index (Phi) is 6.34. The summed E-state index contributed by atoms with van der Waals surface area (Å²) < 4.78 is 9.13. The number of hydrogen-bond acceptors (Lipinski definition) is 4. The quantitative estimate of drug-likeness (QED) is 0.363. The first kappa shape index (κ1) is 11.5. The van der Waals surface area contributed by atoms with Crippen molar-refractivity contribution in [2.24, 2.45) is 0 Å². The van der Waals surface area contributed by atoms with Gasteiger partial charge in [-0.2, -0.15) is 0 Å². The van der Waals surface area contributed by atoms with E-state index in [1.54, 1.807) is 13.8 Å². The Morgan fingerprint density at radius 3 is 2.38 bits per heavy atom. The van der Waals surface area contributed by atoms with Crippen molar-refractivity contribution in [1.29, 1.82) is 0 Å². The van der Waals surface area contributed by atoms with Gasteiger partial charge >= 0.3 is 11.9 Å². The topological polar surface area (TPSA) is 52.6 Å². The smallest absolute Gasteiger partial charge is 0.318 e. The largest absolute Gasteiger partial charge is 0.466 e. The molecule has 0 radical (unpaired) electrons. The Morgan fingerprint density at radius 1 is 1.23 bits per heavy atom. The molecule has 0 heterocycles. The van der Waals surface area contributed by atoms with E-state index in [2.05, 4.69) is 21.3 Å². The molecule has 0 amide bonds. The molecule has 0 rings (SSSR count). The molecule has 4 nitrogen and oxygen atoms in total. The zero-order valence-corrected chi connectivity index (χ0v) is 7.75. The van der Waals surface area contributed by atoms with Crippen LogP contribution in [0.2, 0.25) is 0 Å². The average molecular weight is 184 g/mol. The summed E-state index contributed by atoms with van der Waals surface area (Å²) in [5, 5.41) is 0. The van der Waals surface area contributed by atoms with E-state index in [9.17, 15) is 9.59 Å². The number of ether oxygens (including phenoxy) is 2. The van der Waals surface area contributed by atoms with Crippen LogP contribution in [0.15, 0.2) is 0 Å². The van der Waals surface area contributed by atoms with Gasteiger partial charge in [0, 0.05) is 0 Å². The van der Waals surface area contributed by atoms with Gasteiger partial charge in [0.2, 0.25) is 0 Å². The summed E-state index contributed by atoms with van der Waals surface area (Å²) in [6.45, 7) is 3.60. The highest BCUT2D eigenvalue weighted by molar-refractivity contribution is 5.91. The molecule has 0 spiro atoms. The second kappa shape index (κ2) is 7.17. The fourth-order valence-electron chi connectivity index (χ4n) is 0.570. The number of esters is 2. The Morgan fingerprint density at radius 2 is 1.85 bits per heavy atom. The molecular weight excluding hydrogens is 172 g/mol. The summed E-state index contributed by atoms with van der Waals surface area (Å²) in [4.78, 5) is 21.5. The van der Waals surface area contributed by atoms with Crippen LogP contribution in [0.3, 0.4) is 0 Å². The van der Waals surface area contributed by atoms with Crippen LogP contribution < -0.4 is 0 Å². The minimum Gasteiger partial charge on any atom is -0.466 e. The lowest BCUT2D eigenvalue weighted by Gasteiger charge is -2.00. The van der Waals surface area contributed by atoms with Gasteiger partial charge in [-0.3, -0.25) is 9.59 Å². The molecule has 0 aromatic rings. The van der Waals surface area contributed by atoms with Crippen molar-refractivity contribution in [1.82, 2.24) is 0 Å². The highest BCUT2D eigenvalue weighted by Gasteiger charge is 2.10. The van der Waals surface area contributed by atoms with Gasteiger partial charge in [0.1, 0.15) is 6.42 Å². The lowest BCUT2D eigenvalue weighted by atomic mass is 10.4. The van der Waals surface area contributed by atoms with Gasteiger partial charge < -0.3 is 9.47 Å². The maximum Gasteiger partial charge on any atom is 0.318 e. The SMILES string of the molecule is CC#CCOC(=O)CC(=O)OCC. The van der Waals surface area contributed by atoms with Crippen molar-refractivity contribution in [2.45, 2.75) is 20.3 Å². The minimum atomic E-state index is -0.610. The van der Waals surface area contributed by atoms with E-state index in [-0.39, 0.29) is 19.6 Å². The van der Waals surface area contributed by atoms with E-state index in [0.717, 1.165) is 0 Å². The molecule has 0 fully saturated rings. The van der Waals surface area contributed by atoms with Gasteiger partial charge in [-0.1, -0.05) is 5.92 Å². The van der Waals surface area contributed by atoms with Crippen LogP contribution in [0.4, 0.5) is 0 Å². The molecule has 0 N–H and O–H groups in total. The molecule has 0 aromatic heterocycles. The lowest BCUT2D eigenvalue weighted by Crippen LogP contribution is -2.13. The van der Waals surface area contributed by atoms with Crippen molar-refractivity contribution >= 4 is 11.9 Å². The predicted octanol–water partition coefficient (Wildman–Crippen LogP) is 0.506. The highest BCUT2D eigenvalue weighted by atomic mass is 16.5. The van der Waals surface area contributed by atoms with Gasteiger partial charge in [-0.05, 0) is 13.8 Å². The number of carbonyl (C=O) groups excluding carboxylic acids is 2. The van der Waals surface area contributed by atoms with E-state index < -0.39 is 11.9 Å². The van der Waals surface area contributed by atoms with Crippen LogP contribution in [0.5, 0.6) is 0 Å². The zero-order chi connectivity index (χ0) is 10.1. The monoisotopic (exact) mass is 184 g/mol. The van der Waals surface area contributed by atoms with E-state index in [4.69, 9.17) is 0 Å². The Labute approximate surface area is 77.2 Å². The molecule has 0 atom stereocenters. The lowest BCUT2D eigenvalue weighted by molar-refractivity contribution is -0.153. The fraction of sp³-hybridized carbons (Fsp3) is 0.556. The van der Waals surface area contributed by atoms with Crippen LogP contribution in [0, 0.1) is 11.8 Å². The molecule has 0 aliphatic carbocycles. The van der Waals surface area contributed by atoms with Gasteiger partial charge in [0.15, 0.2) is 6.61 Å². The molecule has 13 heavy (non-hydrogen) atoms. The molecule has 0 bridgehead atoms. The van der Waals surface area contributed by atoms with Crippen LogP contribution in [0.25, 0.3) is 0 Å². The summed E-state index contributed by atoms with van der Waals surface area (Å²) in [6.07, 6.45) is -0.348. The van der Waals surface area contributed by atoms with Gasteiger partial charge in [0.25, 0.3) is 0 Å².